The lowest BCUT2D eigenvalue weighted by Crippen LogP contribution is -2.44. The van der Waals surface area contributed by atoms with Gasteiger partial charge in [0, 0.05) is 26.2 Å². The molecule has 1 aliphatic rings. The largest absolute Gasteiger partial charge is 0.302 e. The predicted molar refractivity (Wildman–Crippen MR) is 37.2 cm³/mol. The molecule has 0 aromatic heterocycles. The molecular formula is C6H14N2O2. The average molecular weight is 146 g/mol. The summed E-state index contributed by atoms with van der Waals surface area (Å²) >= 11 is 0. The Morgan fingerprint density at radius 1 is 0.800 bits per heavy atom. The monoisotopic (exact) mass is 146 g/mol. The van der Waals surface area contributed by atoms with Crippen molar-refractivity contribution in [3.8, 4) is 0 Å². The first-order valence-electron chi connectivity index (χ1n) is 3.45. The highest BCUT2D eigenvalue weighted by molar-refractivity contribution is 4.59. The van der Waals surface area contributed by atoms with Crippen LogP contribution in [0.15, 0.2) is 0 Å². The summed E-state index contributed by atoms with van der Waals surface area (Å²) in [5.41, 5.74) is 0. The summed E-state index contributed by atoms with van der Waals surface area (Å²) in [5.74, 6) is 0. The van der Waals surface area contributed by atoms with Crippen molar-refractivity contribution in [1.29, 1.82) is 0 Å². The van der Waals surface area contributed by atoms with Crippen LogP contribution in [0.2, 0.25) is 0 Å². The summed E-state index contributed by atoms with van der Waals surface area (Å²) in [5, 5.41) is 3.85. The van der Waals surface area contributed by atoms with E-state index in [0.29, 0.717) is 0 Å². The number of rotatable bonds is 2. The molecule has 0 bridgehead atoms. The fourth-order valence-electron chi connectivity index (χ4n) is 1.03. The second-order valence-electron chi connectivity index (χ2n) is 2.22. The van der Waals surface area contributed by atoms with Gasteiger partial charge < -0.3 is 9.68 Å². The van der Waals surface area contributed by atoms with E-state index < -0.39 is 0 Å². The summed E-state index contributed by atoms with van der Waals surface area (Å²) in [4.78, 5) is 10.1. The molecular weight excluding hydrogens is 132 g/mol. The molecule has 1 fully saturated rings. The number of hydrogen-bond donors (Lipinski definition) is 0. The van der Waals surface area contributed by atoms with Crippen LogP contribution in [0.3, 0.4) is 0 Å². The van der Waals surface area contributed by atoms with E-state index in [1.54, 1.807) is 14.2 Å². The van der Waals surface area contributed by atoms with Crippen LogP contribution in [0, 0.1) is 0 Å². The Morgan fingerprint density at radius 3 is 1.30 bits per heavy atom. The van der Waals surface area contributed by atoms with Crippen molar-refractivity contribution in [3.05, 3.63) is 0 Å². The molecule has 0 amide bonds. The van der Waals surface area contributed by atoms with Crippen molar-refractivity contribution in [2.24, 2.45) is 0 Å². The smallest absolute Gasteiger partial charge is 0.0575 e. The quantitative estimate of drug-likeness (QED) is 0.535. The minimum absolute atomic E-state index is 0.921. The Hall–Kier alpha value is -0.160. The van der Waals surface area contributed by atoms with Gasteiger partial charge in [0.05, 0.1) is 14.2 Å². The summed E-state index contributed by atoms with van der Waals surface area (Å²) < 4.78 is 0. The topological polar surface area (TPSA) is 24.9 Å². The SMILES string of the molecule is CON1CCN(OC)CC1. The third kappa shape index (κ3) is 1.91. The average Bonchev–Trinajstić information content (AvgIpc) is 2.05. The van der Waals surface area contributed by atoms with Crippen molar-refractivity contribution in [1.82, 2.24) is 10.1 Å². The zero-order chi connectivity index (χ0) is 7.40. The number of piperazine rings is 1. The van der Waals surface area contributed by atoms with E-state index in [1.165, 1.54) is 0 Å². The van der Waals surface area contributed by atoms with E-state index in [0.717, 1.165) is 26.2 Å². The van der Waals surface area contributed by atoms with Crippen LogP contribution in [0.1, 0.15) is 0 Å². The van der Waals surface area contributed by atoms with Gasteiger partial charge in [-0.05, 0) is 0 Å². The Bertz CT molecular complexity index is 79.7. The van der Waals surface area contributed by atoms with E-state index >= 15 is 0 Å². The van der Waals surface area contributed by atoms with Crippen molar-refractivity contribution >= 4 is 0 Å². The van der Waals surface area contributed by atoms with Crippen LogP contribution >= 0.6 is 0 Å². The summed E-state index contributed by atoms with van der Waals surface area (Å²) in [6.45, 7) is 3.68. The molecule has 4 nitrogen and oxygen atoms in total. The van der Waals surface area contributed by atoms with Crippen LogP contribution in [0.5, 0.6) is 0 Å². The summed E-state index contributed by atoms with van der Waals surface area (Å²) in [6.07, 6.45) is 0. The van der Waals surface area contributed by atoms with Gasteiger partial charge in [0.1, 0.15) is 0 Å². The fraction of sp³-hybridized carbons (Fsp3) is 1.00. The van der Waals surface area contributed by atoms with Crippen LogP contribution in [-0.2, 0) is 9.68 Å². The zero-order valence-corrected chi connectivity index (χ0v) is 6.54. The Balaban J connectivity index is 2.17. The standard InChI is InChI=1S/C6H14N2O2/c1-9-7-3-5-8(10-2)6-4-7/h3-6H2,1-2H3. The minimum Gasteiger partial charge on any atom is -0.302 e. The molecule has 1 heterocycles. The third-order valence-corrected chi connectivity index (χ3v) is 1.71. The molecule has 4 heteroatoms. The molecule has 60 valence electrons. The second-order valence-corrected chi connectivity index (χ2v) is 2.22. The first-order valence-corrected chi connectivity index (χ1v) is 3.45. The highest BCUT2D eigenvalue weighted by atomic mass is 16.7. The summed E-state index contributed by atoms with van der Waals surface area (Å²) in [6, 6.07) is 0. The van der Waals surface area contributed by atoms with E-state index in [4.69, 9.17) is 9.68 Å². The highest BCUT2D eigenvalue weighted by Gasteiger charge is 2.15. The first kappa shape index (κ1) is 7.94. The van der Waals surface area contributed by atoms with Gasteiger partial charge in [0.15, 0.2) is 0 Å². The maximum Gasteiger partial charge on any atom is 0.0575 e. The molecule has 0 aromatic rings. The van der Waals surface area contributed by atoms with Gasteiger partial charge in [-0.2, -0.15) is 10.1 Å². The van der Waals surface area contributed by atoms with Crippen LogP contribution in [-0.4, -0.2) is 50.5 Å². The normalized spacial score (nSPS) is 23.4. The molecule has 0 radical (unpaired) electrons. The Kier molecular flexibility index (Phi) is 3.08. The van der Waals surface area contributed by atoms with Gasteiger partial charge in [-0.25, -0.2) is 0 Å². The van der Waals surface area contributed by atoms with Gasteiger partial charge in [-0.3, -0.25) is 0 Å². The molecule has 0 aliphatic carbocycles. The van der Waals surface area contributed by atoms with Crippen molar-refractivity contribution < 1.29 is 9.68 Å². The molecule has 1 rings (SSSR count). The number of hydrogen-bond acceptors (Lipinski definition) is 4. The maximum absolute atomic E-state index is 5.04. The molecule has 1 saturated heterocycles. The Morgan fingerprint density at radius 2 is 1.10 bits per heavy atom. The van der Waals surface area contributed by atoms with Crippen molar-refractivity contribution in [2.75, 3.05) is 40.4 Å². The van der Waals surface area contributed by atoms with Crippen molar-refractivity contribution in [2.45, 2.75) is 0 Å². The van der Waals surface area contributed by atoms with Crippen LogP contribution in [0.4, 0.5) is 0 Å². The third-order valence-electron chi connectivity index (χ3n) is 1.71. The van der Waals surface area contributed by atoms with Gasteiger partial charge in [-0.15, -0.1) is 0 Å². The van der Waals surface area contributed by atoms with Gasteiger partial charge in [-0.1, -0.05) is 0 Å². The van der Waals surface area contributed by atoms with Crippen molar-refractivity contribution in [3.63, 3.8) is 0 Å². The molecule has 0 unspecified atom stereocenters. The number of hydroxylamine groups is 4. The molecule has 0 saturated carbocycles. The van der Waals surface area contributed by atoms with Crippen LogP contribution < -0.4 is 0 Å². The van der Waals surface area contributed by atoms with E-state index in [1.807, 2.05) is 10.1 Å². The molecule has 0 atom stereocenters. The molecule has 1 aliphatic heterocycles. The van der Waals surface area contributed by atoms with Gasteiger partial charge in [0.2, 0.25) is 0 Å². The van der Waals surface area contributed by atoms with Gasteiger partial charge >= 0.3 is 0 Å². The highest BCUT2D eigenvalue weighted by Crippen LogP contribution is 1.99. The predicted octanol–water partition coefficient (Wildman–Crippen LogP) is -0.273. The lowest BCUT2D eigenvalue weighted by atomic mass is 10.4. The maximum atomic E-state index is 5.04. The Labute approximate surface area is 61.2 Å². The summed E-state index contributed by atoms with van der Waals surface area (Å²) in [7, 11) is 3.39. The lowest BCUT2D eigenvalue weighted by Gasteiger charge is -2.30. The van der Waals surface area contributed by atoms with E-state index in [2.05, 4.69) is 0 Å². The van der Waals surface area contributed by atoms with E-state index in [9.17, 15) is 0 Å². The molecule has 0 aromatic carbocycles. The zero-order valence-electron chi connectivity index (χ0n) is 6.54. The second kappa shape index (κ2) is 3.88. The molecule has 0 N–H and O–H groups in total. The molecule has 0 spiro atoms. The first-order chi connectivity index (χ1) is 4.86. The fourth-order valence-corrected chi connectivity index (χ4v) is 1.03. The van der Waals surface area contributed by atoms with Gasteiger partial charge in [0.25, 0.3) is 0 Å². The lowest BCUT2D eigenvalue weighted by molar-refractivity contribution is -0.214. The van der Waals surface area contributed by atoms with E-state index in [-0.39, 0.29) is 0 Å². The van der Waals surface area contributed by atoms with Crippen LogP contribution in [0.25, 0.3) is 0 Å². The minimum atomic E-state index is 0.921. The number of nitrogens with zero attached hydrogens (tertiary/aromatic N) is 2. The molecule has 10 heavy (non-hydrogen) atoms.